The molecule has 0 amide bonds. The number of carbonyl (C=O) groups is 1. The van der Waals surface area contributed by atoms with Gasteiger partial charge in [-0.1, -0.05) is 0 Å². The first-order valence-electron chi connectivity index (χ1n) is 4.64. The molecule has 7 heteroatoms. The third kappa shape index (κ3) is 2.96. The predicted octanol–water partition coefficient (Wildman–Crippen LogP) is 1.70. The molecule has 0 fully saturated rings. The zero-order valence-corrected chi connectivity index (χ0v) is 9.29. The summed E-state index contributed by atoms with van der Waals surface area (Å²) in [5.74, 6) is -0.888. The van der Waals surface area contributed by atoms with Gasteiger partial charge in [-0.15, -0.1) is 0 Å². The monoisotopic (exact) mass is 246 g/mol. The first kappa shape index (κ1) is 13.0. The molecule has 17 heavy (non-hydrogen) atoms. The minimum atomic E-state index is -3.01. The van der Waals surface area contributed by atoms with Crippen LogP contribution in [0.3, 0.4) is 0 Å². The minimum Gasteiger partial charge on any atom is -0.465 e. The van der Waals surface area contributed by atoms with Crippen molar-refractivity contribution in [3.05, 3.63) is 17.7 Å². The summed E-state index contributed by atoms with van der Waals surface area (Å²) in [5.41, 5.74) is 5.96. The molecule has 5 nitrogen and oxygen atoms in total. The number of methoxy groups -OCH3 is 1. The standard InChI is InChI=1S/C10H12F2N2O3/c1-14-8-6(13)3-5(9(15)16-2)4-7(8)17-10(11)12/h3-4,10,14H,13H2,1-2H3. The number of anilines is 2. The molecule has 0 bridgehead atoms. The van der Waals surface area contributed by atoms with E-state index >= 15 is 0 Å². The van der Waals surface area contributed by atoms with Crippen molar-refractivity contribution in [3.8, 4) is 5.75 Å². The number of nitrogens with two attached hydrogens (primary N) is 1. The van der Waals surface area contributed by atoms with E-state index in [-0.39, 0.29) is 22.7 Å². The highest BCUT2D eigenvalue weighted by atomic mass is 19.3. The Morgan fingerprint density at radius 1 is 1.47 bits per heavy atom. The number of nitrogen functional groups attached to an aromatic ring is 1. The van der Waals surface area contributed by atoms with Crippen molar-refractivity contribution in [2.24, 2.45) is 0 Å². The maximum atomic E-state index is 12.2. The molecule has 0 aliphatic rings. The van der Waals surface area contributed by atoms with Crippen molar-refractivity contribution >= 4 is 17.3 Å². The van der Waals surface area contributed by atoms with E-state index in [1.54, 1.807) is 0 Å². The van der Waals surface area contributed by atoms with Crippen LogP contribution in [0.25, 0.3) is 0 Å². The molecule has 0 heterocycles. The maximum absolute atomic E-state index is 12.2. The summed E-state index contributed by atoms with van der Waals surface area (Å²) in [5, 5.41) is 2.62. The van der Waals surface area contributed by atoms with Crippen molar-refractivity contribution in [2.75, 3.05) is 25.2 Å². The van der Waals surface area contributed by atoms with Crippen molar-refractivity contribution in [1.82, 2.24) is 0 Å². The van der Waals surface area contributed by atoms with Crippen LogP contribution in [-0.4, -0.2) is 26.7 Å². The Labute approximate surface area is 96.5 Å². The van der Waals surface area contributed by atoms with Crippen molar-refractivity contribution in [1.29, 1.82) is 0 Å². The molecule has 0 aromatic heterocycles. The quantitative estimate of drug-likeness (QED) is 0.624. The number of nitrogens with one attached hydrogen (secondary N) is 1. The molecule has 3 N–H and O–H groups in total. The van der Waals surface area contributed by atoms with E-state index in [4.69, 9.17) is 5.73 Å². The number of hydrogen-bond acceptors (Lipinski definition) is 5. The lowest BCUT2D eigenvalue weighted by Crippen LogP contribution is -2.09. The number of benzene rings is 1. The summed E-state index contributed by atoms with van der Waals surface area (Å²) in [6, 6.07) is 2.45. The topological polar surface area (TPSA) is 73.6 Å². The summed E-state index contributed by atoms with van der Waals surface area (Å²) >= 11 is 0. The van der Waals surface area contributed by atoms with Crippen LogP contribution >= 0.6 is 0 Å². The second-order valence-electron chi connectivity index (χ2n) is 3.06. The van der Waals surface area contributed by atoms with E-state index in [0.717, 1.165) is 6.07 Å². The molecule has 0 unspecified atom stereocenters. The first-order chi connectivity index (χ1) is 7.99. The minimum absolute atomic E-state index is 0.0413. The molecule has 0 saturated heterocycles. The lowest BCUT2D eigenvalue weighted by Gasteiger charge is -2.14. The highest BCUT2D eigenvalue weighted by molar-refractivity contribution is 5.93. The van der Waals surface area contributed by atoms with Gasteiger partial charge in [0.25, 0.3) is 0 Å². The molecule has 0 aliphatic carbocycles. The summed E-state index contributed by atoms with van der Waals surface area (Å²) in [4.78, 5) is 11.3. The molecule has 0 saturated carbocycles. The number of ether oxygens (including phenoxy) is 2. The van der Waals surface area contributed by atoms with Gasteiger partial charge in [0, 0.05) is 7.05 Å². The lowest BCUT2D eigenvalue weighted by molar-refractivity contribution is -0.0493. The Hall–Kier alpha value is -2.05. The largest absolute Gasteiger partial charge is 0.465 e. The zero-order chi connectivity index (χ0) is 13.0. The van der Waals surface area contributed by atoms with Crippen LogP contribution in [-0.2, 0) is 4.74 Å². The van der Waals surface area contributed by atoms with Gasteiger partial charge in [-0.05, 0) is 12.1 Å². The lowest BCUT2D eigenvalue weighted by atomic mass is 10.1. The molecule has 1 rings (SSSR count). The second-order valence-corrected chi connectivity index (χ2v) is 3.06. The van der Waals surface area contributed by atoms with Crippen molar-refractivity contribution in [3.63, 3.8) is 0 Å². The molecular weight excluding hydrogens is 234 g/mol. The van der Waals surface area contributed by atoms with Gasteiger partial charge in [0.2, 0.25) is 0 Å². The first-order valence-corrected chi connectivity index (χ1v) is 4.64. The number of rotatable bonds is 4. The van der Waals surface area contributed by atoms with Crippen molar-refractivity contribution in [2.45, 2.75) is 6.61 Å². The summed E-state index contributed by atoms with van der Waals surface area (Å²) < 4.78 is 33.1. The Balaban J connectivity index is 3.23. The number of carbonyl (C=O) groups excluding carboxylic acids is 1. The molecule has 1 aromatic carbocycles. The van der Waals surface area contributed by atoms with Gasteiger partial charge >= 0.3 is 12.6 Å². The molecule has 1 aromatic rings. The summed E-state index contributed by atoms with van der Waals surface area (Å²) in [6.07, 6.45) is 0. The smallest absolute Gasteiger partial charge is 0.387 e. The number of esters is 1. The van der Waals surface area contributed by atoms with E-state index in [0.29, 0.717) is 0 Å². The van der Waals surface area contributed by atoms with Gasteiger partial charge in [-0.2, -0.15) is 8.78 Å². The van der Waals surface area contributed by atoms with Crippen LogP contribution in [0, 0.1) is 0 Å². The van der Waals surface area contributed by atoms with Crippen LogP contribution in [0.1, 0.15) is 10.4 Å². The maximum Gasteiger partial charge on any atom is 0.387 e. The predicted molar refractivity (Wildman–Crippen MR) is 58.4 cm³/mol. The van der Waals surface area contributed by atoms with Crippen LogP contribution in [0.15, 0.2) is 12.1 Å². The summed E-state index contributed by atoms with van der Waals surface area (Å²) in [6.45, 7) is -3.01. The van der Waals surface area contributed by atoms with E-state index in [2.05, 4.69) is 14.8 Å². The Kier molecular flexibility index (Phi) is 4.08. The van der Waals surface area contributed by atoms with Gasteiger partial charge in [-0.25, -0.2) is 4.79 Å². The van der Waals surface area contributed by atoms with Crippen LogP contribution in [0.2, 0.25) is 0 Å². The molecule has 0 radical (unpaired) electrons. The SMILES string of the molecule is CNc1c(N)cc(C(=O)OC)cc1OC(F)F. The fraction of sp³-hybridized carbons (Fsp3) is 0.300. The van der Waals surface area contributed by atoms with E-state index in [1.165, 1.54) is 20.2 Å². The molecular formula is C10H12F2N2O3. The number of halogens is 2. The number of hydrogen-bond donors (Lipinski definition) is 2. The molecule has 0 atom stereocenters. The third-order valence-corrected chi connectivity index (χ3v) is 2.02. The fourth-order valence-corrected chi connectivity index (χ4v) is 1.33. The van der Waals surface area contributed by atoms with Gasteiger partial charge in [0.05, 0.1) is 18.4 Å². The average molecular weight is 246 g/mol. The van der Waals surface area contributed by atoms with Gasteiger partial charge in [0.1, 0.15) is 5.69 Å². The highest BCUT2D eigenvalue weighted by Gasteiger charge is 2.16. The summed E-state index contributed by atoms with van der Waals surface area (Å²) in [7, 11) is 2.68. The number of alkyl halides is 2. The second kappa shape index (κ2) is 5.33. The third-order valence-electron chi connectivity index (χ3n) is 2.02. The average Bonchev–Trinajstić information content (AvgIpc) is 2.26. The molecule has 0 aliphatic heterocycles. The molecule has 94 valence electrons. The van der Waals surface area contributed by atoms with E-state index in [1.807, 2.05) is 0 Å². The van der Waals surface area contributed by atoms with E-state index in [9.17, 15) is 13.6 Å². The van der Waals surface area contributed by atoms with Gasteiger partial charge in [-0.3, -0.25) is 0 Å². The fourth-order valence-electron chi connectivity index (χ4n) is 1.33. The Morgan fingerprint density at radius 2 is 2.12 bits per heavy atom. The van der Waals surface area contributed by atoms with Gasteiger partial charge < -0.3 is 20.5 Å². The highest BCUT2D eigenvalue weighted by Crippen LogP contribution is 2.33. The van der Waals surface area contributed by atoms with Crippen LogP contribution < -0.4 is 15.8 Å². The molecule has 0 spiro atoms. The zero-order valence-electron chi connectivity index (χ0n) is 9.29. The van der Waals surface area contributed by atoms with Crippen LogP contribution in [0.4, 0.5) is 20.2 Å². The normalized spacial score (nSPS) is 10.2. The van der Waals surface area contributed by atoms with Crippen molar-refractivity contribution < 1.29 is 23.0 Å². The van der Waals surface area contributed by atoms with Gasteiger partial charge in [0.15, 0.2) is 5.75 Å². The Bertz CT molecular complexity index is 424. The Morgan fingerprint density at radius 3 is 2.59 bits per heavy atom. The van der Waals surface area contributed by atoms with E-state index < -0.39 is 12.6 Å². The van der Waals surface area contributed by atoms with Crippen LogP contribution in [0.5, 0.6) is 5.75 Å².